The van der Waals surface area contributed by atoms with Crippen molar-refractivity contribution in [3.8, 4) is 0 Å². The monoisotopic (exact) mass is 482 g/mol. The predicted octanol–water partition coefficient (Wildman–Crippen LogP) is 0.575. The molecule has 1 atom stereocenters. The van der Waals surface area contributed by atoms with Crippen molar-refractivity contribution in [1.29, 1.82) is 0 Å². The maximum Gasteiger partial charge on any atom is 0.191 e. The first-order valence-electron chi connectivity index (χ1n) is 8.79. The number of nitrogens with one attached hydrogen (secondary N) is 2. The van der Waals surface area contributed by atoms with Crippen LogP contribution in [0.5, 0.6) is 0 Å². The molecule has 0 saturated heterocycles. The largest absolute Gasteiger partial charge is 0.382 e. The molecule has 0 radical (unpaired) electrons. The summed E-state index contributed by atoms with van der Waals surface area (Å²) in [6.45, 7) is 6.49. The topological polar surface area (TPSA) is 94.8 Å². The highest BCUT2D eigenvalue weighted by molar-refractivity contribution is 14.0. The molecule has 1 aliphatic rings. The van der Waals surface area contributed by atoms with Gasteiger partial charge in [-0.05, 0) is 13.3 Å². The molecule has 1 aliphatic heterocycles. The van der Waals surface area contributed by atoms with Gasteiger partial charge in [0.2, 0.25) is 0 Å². The van der Waals surface area contributed by atoms with Crippen LogP contribution in [0.4, 0.5) is 0 Å². The smallest absolute Gasteiger partial charge is 0.191 e. The van der Waals surface area contributed by atoms with Gasteiger partial charge < -0.3 is 24.8 Å². The number of aryl methyl sites for hydroxylation is 1. The summed E-state index contributed by atoms with van der Waals surface area (Å²) < 4.78 is 17.5. The van der Waals surface area contributed by atoms with Gasteiger partial charge in [-0.25, -0.2) is 9.67 Å². The molecule has 0 saturated carbocycles. The highest BCUT2D eigenvalue weighted by atomic mass is 127. The van der Waals surface area contributed by atoms with Crippen molar-refractivity contribution < 1.29 is 14.2 Å². The van der Waals surface area contributed by atoms with E-state index in [-0.39, 0.29) is 30.0 Å². The third-order valence-electron chi connectivity index (χ3n) is 3.80. The van der Waals surface area contributed by atoms with Crippen LogP contribution in [0, 0.1) is 0 Å². The molecule has 26 heavy (non-hydrogen) atoms. The maximum atomic E-state index is 5.44. The SMILES string of the molecule is CCNC(=NCCOCCOC)NC1CCc2nc(COC)nn2C1.I. The Hall–Kier alpha value is -0.980. The first-order valence-corrected chi connectivity index (χ1v) is 8.79. The number of rotatable bonds is 10. The normalized spacial score (nSPS) is 16.7. The zero-order valence-electron chi connectivity index (χ0n) is 15.9. The number of aromatic nitrogens is 3. The lowest BCUT2D eigenvalue weighted by molar-refractivity contribution is 0.0748. The zero-order chi connectivity index (χ0) is 17.9. The second-order valence-electron chi connectivity index (χ2n) is 5.81. The summed E-state index contributed by atoms with van der Waals surface area (Å²) in [4.78, 5) is 9.06. The van der Waals surface area contributed by atoms with Crippen molar-refractivity contribution in [3.63, 3.8) is 0 Å². The van der Waals surface area contributed by atoms with Crippen molar-refractivity contribution >= 4 is 29.9 Å². The van der Waals surface area contributed by atoms with E-state index in [1.165, 1.54) is 0 Å². The molecule has 0 aliphatic carbocycles. The number of hydrogen-bond donors (Lipinski definition) is 2. The molecule has 0 fully saturated rings. The van der Waals surface area contributed by atoms with Crippen LogP contribution in [0.15, 0.2) is 4.99 Å². The number of guanidine groups is 1. The number of aliphatic imine (C=N–C) groups is 1. The Kier molecular flexibility index (Phi) is 11.7. The molecule has 2 rings (SSSR count). The Bertz CT molecular complexity index is 540. The number of nitrogens with zero attached hydrogens (tertiary/aromatic N) is 4. The van der Waals surface area contributed by atoms with E-state index in [1.807, 2.05) is 4.68 Å². The van der Waals surface area contributed by atoms with Crippen LogP contribution in [-0.2, 0) is 33.8 Å². The number of hydrogen-bond acceptors (Lipinski definition) is 6. The predicted molar refractivity (Wildman–Crippen MR) is 110 cm³/mol. The fraction of sp³-hybridized carbons (Fsp3) is 0.812. The van der Waals surface area contributed by atoms with Gasteiger partial charge in [0.1, 0.15) is 12.4 Å². The van der Waals surface area contributed by atoms with E-state index in [4.69, 9.17) is 14.2 Å². The van der Waals surface area contributed by atoms with Crippen LogP contribution in [0.1, 0.15) is 25.0 Å². The minimum Gasteiger partial charge on any atom is -0.382 e. The van der Waals surface area contributed by atoms with Gasteiger partial charge in [0.15, 0.2) is 11.8 Å². The summed E-state index contributed by atoms with van der Waals surface area (Å²) in [6.07, 6.45) is 1.90. The Morgan fingerprint density at radius 2 is 2.12 bits per heavy atom. The van der Waals surface area contributed by atoms with Crippen molar-refractivity contribution in [2.75, 3.05) is 47.1 Å². The third-order valence-corrected chi connectivity index (χ3v) is 3.80. The van der Waals surface area contributed by atoms with Gasteiger partial charge in [0, 0.05) is 33.2 Å². The fourth-order valence-electron chi connectivity index (χ4n) is 2.65. The summed E-state index contributed by atoms with van der Waals surface area (Å²) in [5, 5.41) is 11.3. The van der Waals surface area contributed by atoms with E-state index in [1.54, 1.807) is 14.2 Å². The van der Waals surface area contributed by atoms with Gasteiger partial charge in [0.25, 0.3) is 0 Å². The summed E-state index contributed by atoms with van der Waals surface area (Å²) in [7, 11) is 3.32. The van der Waals surface area contributed by atoms with Crippen LogP contribution in [0.3, 0.4) is 0 Å². The van der Waals surface area contributed by atoms with Crippen LogP contribution in [0.25, 0.3) is 0 Å². The van der Waals surface area contributed by atoms with Crippen molar-refractivity contribution in [2.24, 2.45) is 4.99 Å². The average Bonchev–Trinajstić information content (AvgIpc) is 3.00. The molecule has 10 heteroatoms. The molecule has 1 aromatic heterocycles. The molecule has 150 valence electrons. The number of methoxy groups -OCH3 is 2. The van der Waals surface area contributed by atoms with Gasteiger partial charge in [-0.3, -0.25) is 4.99 Å². The van der Waals surface area contributed by atoms with E-state index in [2.05, 4.69) is 32.6 Å². The van der Waals surface area contributed by atoms with Gasteiger partial charge in [-0.15, -0.1) is 24.0 Å². The Balaban J connectivity index is 0.00000338. The Morgan fingerprint density at radius 1 is 1.27 bits per heavy atom. The molecule has 2 N–H and O–H groups in total. The molecule has 2 heterocycles. The molecule has 0 spiro atoms. The molecule has 0 amide bonds. The second-order valence-corrected chi connectivity index (χ2v) is 5.81. The third kappa shape index (κ3) is 7.72. The van der Waals surface area contributed by atoms with Gasteiger partial charge in [-0.2, -0.15) is 5.10 Å². The lowest BCUT2D eigenvalue weighted by atomic mass is 10.1. The Labute approximate surface area is 172 Å². The van der Waals surface area contributed by atoms with Crippen LogP contribution in [0.2, 0.25) is 0 Å². The van der Waals surface area contributed by atoms with Gasteiger partial charge >= 0.3 is 0 Å². The minimum absolute atomic E-state index is 0. The molecular weight excluding hydrogens is 451 g/mol. The van der Waals surface area contributed by atoms with E-state index < -0.39 is 0 Å². The van der Waals surface area contributed by atoms with E-state index in [9.17, 15) is 0 Å². The Morgan fingerprint density at radius 3 is 2.85 bits per heavy atom. The maximum absolute atomic E-state index is 5.44. The average molecular weight is 482 g/mol. The highest BCUT2D eigenvalue weighted by Gasteiger charge is 2.22. The summed E-state index contributed by atoms with van der Waals surface area (Å²) in [6, 6.07) is 0.275. The summed E-state index contributed by atoms with van der Waals surface area (Å²) >= 11 is 0. The molecule has 9 nitrogen and oxygen atoms in total. The van der Waals surface area contributed by atoms with Gasteiger partial charge in [0.05, 0.1) is 32.9 Å². The zero-order valence-corrected chi connectivity index (χ0v) is 18.2. The van der Waals surface area contributed by atoms with Crippen LogP contribution >= 0.6 is 24.0 Å². The molecule has 0 aromatic carbocycles. The first kappa shape index (κ1) is 23.1. The van der Waals surface area contributed by atoms with Crippen molar-refractivity contribution in [2.45, 2.75) is 39.0 Å². The van der Waals surface area contributed by atoms with Crippen molar-refractivity contribution in [3.05, 3.63) is 11.6 Å². The number of fused-ring (bicyclic) bond motifs is 1. The van der Waals surface area contributed by atoms with E-state index in [0.29, 0.717) is 33.0 Å². The molecule has 1 aromatic rings. The summed E-state index contributed by atoms with van der Waals surface area (Å²) in [5.41, 5.74) is 0. The minimum atomic E-state index is 0. The number of ether oxygens (including phenoxy) is 3. The van der Waals surface area contributed by atoms with E-state index in [0.717, 1.165) is 43.5 Å². The molecular formula is C16H31IN6O3. The standard InChI is InChI=1S/C16H30N6O3.HI/c1-4-17-16(18-7-8-25-10-9-23-2)19-13-5-6-15-20-14(12-24-3)21-22(15)11-13;/h13H,4-12H2,1-3H3,(H2,17,18,19);1H. The lowest BCUT2D eigenvalue weighted by Gasteiger charge is -2.25. The molecule has 1 unspecified atom stereocenters. The number of halogens is 1. The molecule has 0 bridgehead atoms. The van der Waals surface area contributed by atoms with E-state index >= 15 is 0 Å². The summed E-state index contributed by atoms with van der Waals surface area (Å²) in [5.74, 6) is 2.58. The second kappa shape index (κ2) is 13.2. The van der Waals surface area contributed by atoms with Gasteiger partial charge in [-0.1, -0.05) is 0 Å². The van der Waals surface area contributed by atoms with Crippen LogP contribution in [-0.4, -0.2) is 73.9 Å². The van der Waals surface area contributed by atoms with Crippen LogP contribution < -0.4 is 10.6 Å². The lowest BCUT2D eigenvalue weighted by Crippen LogP contribution is -2.47. The van der Waals surface area contributed by atoms with Crippen molar-refractivity contribution in [1.82, 2.24) is 25.4 Å². The fourth-order valence-corrected chi connectivity index (χ4v) is 2.65. The first-order chi connectivity index (χ1) is 12.3. The quantitative estimate of drug-likeness (QED) is 0.218. The highest BCUT2D eigenvalue weighted by Crippen LogP contribution is 2.13.